The van der Waals surface area contributed by atoms with Crippen LogP contribution in [-0.4, -0.2) is 29.1 Å². The van der Waals surface area contributed by atoms with E-state index in [1.807, 2.05) is 31.0 Å². The van der Waals surface area contributed by atoms with Gasteiger partial charge in [0.25, 0.3) is 0 Å². The van der Waals surface area contributed by atoms with Crippen LogP contribution in [0.5, 0.6) is 0 Å². The highest BCUT2D eigenvalue weighted by molar-refractivity contribution is 6.34. The average molecular weight is 342 g/mol. The molecule has 118 valence electrons. The Morgan fingerprint density at radius 1 is 1.32 bits per heavy atom. The van der Waals surface area contributed by atoms with Crippen molar-refractivity contribution in [1.29, 1.82) is 0 Å². The van der Waals surface area contributed by atoms with Crippen LogP contribution < -0.4 is 5.32 Å². The van der Waals surface area contributed by atoms with Crippen LogP contribution >= 0.6 is 23.2 Å². The van der Waals surface area contributed by atoms with Gasteiger partial charge in [0.15, 0.2) is 5.82 Å². The minimum absolute atomic E-state index is 0.163. The second-order valence-electron chi connectivity index (χ2n) is 5.18. The van der Waals surface area contributed by atoms with Gasteiger partial charge >= 0.3 is 0 Å². The van der Waals surface area contributed by atoms with Crippen molar-refractivity contribution in [2.45, 2.75) is 26.4 Å². The molecular weight excluding hydrogens is 325 g/mol. The van der Waals surface area contributed by atoms with Crippen molar-refractivity contribution >= 4 is 34.9 Å². The number of halogens is 2. The number of hydrogen-bond donors (Lipinski definition) is 1. The highest BCUT2D eigenvalue weighted by atomic mass is 35.5. The number of carbonyl (C=O) groups excluding carboxylic acids is 1. The lowest BCUT2D eigenvalue weighted by atomic mass is 10.2. The number of nitrogens with one attached hydrogen (secondary N) is 1. The fourth-order valence-corrected chi connectivity index (χ4v) is 2.55. The number of nitrogens with zero attached hydrogens (tertiary/aromatic N) is 2. The Labute approximate surface area is 139 Å². The highest BCUT2D eigenvalue weighted by Crippen LogP contribution is 2.20. The molecule has 0 aliphatic carbocycles. The Bertz CT molecular complexity index is 652. The summed E-state index contributed by atoms with van der Waals surface area (Å²) < 4.78 is 4.92. The van der Waals surface area contributed by atoms with Crippen LogP contribution in [0.1, 0.15) is 18.2 Å². The number of amides is 1. The maximum absolute atomic E-state index is 12.2. The predicted molar refractivity (Wildman–Crippen MR) is 87.3 cm³/mol. The Morgan fingerprint density at radius 3 is 2.50 bits per heavy atom. The first-order valence-corrected chi connectivity index (χ1v) is 7.50. The van der Waals surface area contributed by atoms with Crippen molar-refractivity contribution in [1.82, 2.24) is 10.1 Å². The zero-order chi connectivity index (χ0) is 16.3. The number of carbonyl (C=O) groups is 1. The number of aromatic nitrogens is 1. The molecule has 1 aromatic heterocycles. The molecule has 1 aromatic carbocycles. The van der Waals surface area contributed by atoms with Gasteiger partial charge in [-0.3, -0.25) is 9.69 Å². The Balaban J connectivity index is 1.98. The van der Waals surface area contributed by atoms with Gasteiger partial charge < -0.3 is 9.84 Å². The van der Waals surface area contributed by atoms with E-state index in [9.17, 15) is 4.79 Å². The van der Waals surface area contributed by atoms with E-state index in [1.165, 1.54) is 0 Å². The van der Waals surface area contributed by atoms with E-state index in [0.717, 1.165) is 5.56 Å². The van der Waals surface area contributed by atoms with Crippen LogP contribution in [0, 0.1) is 6.92 Å². The Kier molecular flexibility index (Phi) is 5.45. The standard InChI is InChI=1S/C15H17Cl2N3O2/c1-9-4-14(19-22-9)18-15(21)10(2)20(3)8-11-5-12(16)7-13(17)6-11/h4-7,10H,8H2,1-3H3,(H,18,19,21)/t10-/m1/s1. The zero-order valence-electron chi connectivity index (χ0n) is 12.6. The molecule has 7 heteroatoms. The van der Waals surface area contributed by atoms with E-state index in [4.69, 9.17) is 27.7 Å². The Hall–Kier alpha value is -1.56. The maximum atomic E-state index is 12.2. The first kappa shape index (κ1) is 16.8. The lowest BCUT2D eigenvalue weighted by Gasteiger charge is -2.23. The van der Waals surface area contributed by atoms with E-state index in [2.05, 4.69) is 10.5 Å². The summed E-state index contributed by atoms with van der Waals surface area (Å²) >= 11 is 12.0. The second kappa shape index (κ2) is 7.13. The number of aryl methyl sites for hydroxylation is 1. The van der Waals surface area contributed by atoms with Crippen LogP contribution in [0.25, 0.3) is 0 Å². The third-order valence-corrected chi connectivity index (χ3v) is 3.71. The summed E-state index contributed by atoms with van der Waals surface area (Å²) in [6.07, 6.45) is 0. The largest absolute Gasteiger partial charge is 0.360 e. The summed E-state index contributed by atoms with van der Waals surface area (Å²) in [5, 5.41) is 7.61. The molecule has 0 spiro atoms. The van der Waals surface area contributed by atoms with E-state index in [0.29, 0.717) is 28.2 Å². The molecule has 0 unspecified atom stereocenters. The molecule has 5 nitrogen and oxygen atoms in total. The molecule has 2 rings (SSSR count). The van der Waals surface area contributed by atoms with Gasteiger partial charge in [0.2, 0.25) is 5.91 Å². The normalized spacial score (nSPS) is 12.5. The number of hydrogen-bond acceptors (Lipinski definition) is 4. The molecule has 2 aromatic rings. The topological polar surface area (TPSA) is 58.4 Å². The molecule has 0 saturated carbocycles. The van der Waals surface area contributed by atoms with E-state index >= 15 is 0 Å². The highest BCUT2D eigenvalue weighted by Gasteiger charge is 2.19. The summed E-state index contributed by atoms with van der Waals surface area (Å²) in [5.74, 6) is 0.891. The number of benzene rings is 1. The monoisotopic (exact) mass is 341 g/mol. The molecule has 1 heterocycles. The van der Waals surface area contributed by atoms with Gasteiger partial charge in [-0.05, 0) is 44.7 Å². The molecule has 0 bridgehead atoms. The van der Waals surface area contributed by atoms with E-state index < -0.39 is 0 Å². The van der Waals surface area contributed by atoms with Gasteiger partial charge in [-0.25, -0.2) is 0 Å². The lowest BCUT2D eigenvalue weighted by Crippen LogP contribution is -2.39. The molecule has 1 N–H and O–H groups in total. The predicted octanol–water partition coefficient (Wildman–Crippen LogP) is 3.75. The SMILES string of the molecule is Cc1cc(NC(=O)[C@@H](C)N(C)Cc2cc(Cl)cc(Cl)c2)no1. The summed E-state index contributed by atoms with van der Waals surface area (Å²) in [6, 6.07) is 6.65. The van der Waals surface area contributed by atoms with Gasteiger partial charge in [0.05, 0.1) is 6.04 Å². The summed E-state index contributed by atoms with van der Waals surface area (Å²) in [5.41, 5.74) is 0.942. The van der Waals surface area contributed by atoms with Crippen molar-refractivity contribution in [3.63, 3.8) is 0 Å². The zero-order valence-corrected chi connectivity index (χ0v) is 14.1. The number of anilines is 1. The summed E-state index contributed by atoms with van der Waals surface area (Å²) in [7, 11) is 1.85. The first-order valence-electron chi connectivity index (χ1n) is 6.74. The molecule has 0 saturated heterocycles. The molecule has 0 fully saturated rings. The molecule has 0 aliphatic heterocycles. The third kappa shape index (κ3) is 4.47. The Morgan fingerprint density at radius 2 is 1.95 bits per heavy atom. The van der Waals surface area contributed by atoms with Crippen LogP contribution in [0.2, 0.25) is 10.0 Å². The molecular formula is C15H17Cl2N3O2. The quantitative estimate of drug-likeness (QED) is 0.899. The van der Waals surface area contributed by atoms with Gasteiger partial charge in [-0.1, -0.05) is 28.4 Å². The van der Waals surface area contributed by atoms with Crippen LogP contribution in [0.4, 0.5) is 5.82 Å². The smallest absolute Gasteiger partial charge is 0.242 e. The number of likely N-dealkylation sites (N-methyl/N-ethyl adjacent to an activating group) is 1. The minimum atomic E-state index is -0.352. The second-order valence-corrected chi connectivity index (χ2v) is 6.05. The minimum Gasteiger partial charge on any atom is -0.360 e. The van der Waals surface area contributed by atoms with Crippen LogP contribution in [0.15, 0.2) is 28.8 Å². The van der Waals surface area contributed by atoms with Crippen LogP contribution in [-0.2, 0) is 11.3 Å². The van der Waals surface area contributed by atoms with Gasteiger partial charge in [0, 0.05) is 22.7 Å². The van der Waals surface area contributed by atoms with Gasteiger partial charge in [0.1, 0.15) is 5.76 Å². The maximum Gasteiger partial charge on any atom is 0.242 e. The fraction of sp³-hybridized carbons (Fsp3) is 0.333. The number of rotatable bonds is 5. The molecule has 0 aliphatic rings. The summed E-state index contributed by atoms with van der Waals surface area (Å²) in [6.45, 7) is 4.13. The van der Waals surface area contributed by atoms with Crippen molar-refractivity contribution in [3.8, 4) is 0 Å². The van der Waals surface area contributed by atoms with Crippen LogP contribution in [0.3, 0.4) is 0 Å². The van der Waals surface area contributed by atoms with Gasteiger partial charge in [-0.15, -0.1) is 0 Å². The van der Waals surface area contributed by atoms with E-state index in [-0.39, 0.29) is 11.9 Å². The summed E-state index contributed by atoms with van der Waals surface area (Å²) in [4.78, 5) is 14.1. The lowest BCUT2D eigenvalue weighted by molar-refractivity contribution is -0.120. The fourth-order valence-electron chi connectivity index (χ4n) is 1.98. The molecule has 22 heavy (non-hydrogen) atoms. The van der Waals surface area contributed by atoms with Crippen molar-refractivity contribution in [3.05, 3.63) is 45.6 Å². The molecule has 1 amide bonds. The molecule has 1 atom stereocenters. The van der Waals surface area contributed by atoms with Crippen molar-refractivity contribution in [2.24, 2.45) is 0 Å². The van der Waals surface area contributed by atoms with Crippen molar-refractivity contribution < 1.29 is 9.32 Å². The average Bonchev–Trinajstić information content (AvgIpc) is 2.81. The third-order valence-electron chi connectivity index (χ3n) is 3.27. The first-order chi connectivity index (χ1) is 10.3. The van der Waals surface area contributed by atoms with Gasteiger partial charge in [-0.2, -0.15) is 0 Å². The van der Waals surface area contributed by atoms with Crippen molar-refractivity contribution in [2.75, 3.05) is 12.4 Å². The van der Waals surface area contributed by atoms with E-state index in [1.54, 1.807) is 19.1 Å². The molecule has 0 radical (unpaired) electrons.